The summed E-state index contributed by atoms with van der Waals surface area (Å²) in [5.74, 6) is 0.454. The molecule has 0 spiro atoms. The third kappa shape index (κ3) is 11.2. The zero-order valence-electron chi connectivity index (χ0n) is 29.9. The molecule has 0 fully saturated rings. The number of carbonyl (C=O) groups is 2. The van der Waals surface area contributed by atoms with Crippen LogP contribution in [0.5, 0.6) is 5.75 Å². The lowest BCUT2D eigenvalue weighted by molar-refractivity contribution is -0.148. The van der Waals surface area contributed by atoms with Gasteiger partial charge in [0.2, 0.25) is 5.91 Å². The molecule has 12 nitrogen and oxygen atoms in total. The van der Waals surface area contributed by atoms with Gasteiger partial charge in [0.1, 0.15) is 58.6 Å². The van der Waals surface area contributed by atoms with Crippen LogP contribution in [0.15, 0.2) is 58.9 Å². The number of anilines is 1. The van der Waals surface area contributed by atoms with E-state index >= 15 is 0 Å². The van der Waals surface area contributed by atoms with E-state index in [0.717, 1.165) is 29.1 Å². The summed E-state index contributed by atoms with van der Waals surface area (Å²) in [5, 5.41) is 27.4. The van der Waals surface area contributed by atoms with Crippen molar-refractivity contribution >= 4 is 52.4 Å². The smallest absolute Gasteiger partial charge is 0.328 e. The number of aromatic nitrogens is 2. The summed E-state index contributed by atoms with van der Waals surface area (Å²) in [4.78, 5) is 36.4. The molecule has 0 saturated carbocycles. The zero-order chi connectivity index (χ0) is 38.3. The molecule has 0 saturated heterocycles. The summed E-state index contributed by atoms with van der Waals surface area (Å²) in [6.07, 6.45) is 1.97. The molecule has 15 heteroatoms. The summed E-state index contributed by atoms with van der Waals surface area (Å²) < 4.78 is 11.1. The average Bonchev–Trinajstić information content (AvgIpc) is 3.65. The number of thioether (sulfide) groups is 1. The van der Waals surface area contributed by atoms with Crippen molar-refractivity contribution in [3.05, 3.63) is 75.8 Å². The third-order valence-electron chi connectivity index (χ3n) is 8.19. The molecule has 4 rings (SSSR count). The summed E-state index contributed by atoms with van der Waals surface area (Å²) >= 11 is 8.98. The first-order valence-electron chi connectivity index (χ1n) is 17.3. The van der Waals surface area contributed by atoms with E-state index in [1.165, 1.54) is 30.0 Å². The molecule has 0 radical (unpaired) electrons. The molecule has 53 heavy (non-hydrogen) atoms. The van der Waals surface area contributed by atoms with Crippen LogP contribution in [0.2, 0.25) is 5.02 Å². The number of nitrogens with two attached hydrogens (primary N) is 2. The molecule has 2 unspecified atom stereocenters. The summed E-state index contributed by atoms with van der Waals surface area (Å²) in [5.41, 5.74) is 15.0. The van der Waals surface area contributed by atoms with Crippen molar-refractivity contribution in [3.63, 3.8) is 0 Å². The Morgan fingerprint density at radius 1 is 1.00 bits per heavy atom. The van der Waals surface area contributed by atoms with Gasteiger partial charge in [0.15, 0.2) is 0 Å². The largest absolute Gasteiger partial charge is 0.490 e. The molecule has 2 atom stereocenters. The van der Waals surface area contributed by atoms with E-state index in [1.807, 2.05) is 48.4 Å². The molecule has 0 bridgehead atoms. The average molecular weight is 775 g/mol. The minimum absolute atomic E-state index is 0.0428. The van der Waals surface area contributed by atoms with Crippen molar-refractivity contribution < 1.29 is 19.1 Å². The number of carbonyl (C=O) groups excluding carboxylic acids is 2. The van der Waals surface area contributed by atoms with E-state index in [9.17, 15) is 20.1 Å². The minimum Gasteiger partial charge on any atom is -0.490 e. The van der Waals surface area contributed by atoms with E-state index in [0.29, 0.717) is 75.7 Å². The van der Waals surface area contributed by atoms with Crippen LogP contribution in [-0.4, -0.2) is 66.8 Å². The second-order valence-electron chi connectivity index (χ2n) is 11.9. The molecule has 278 valence electrons. The molecule has 4 aromatic rings. The molecule has 2 heterocycles. The predicted octanol–water partition coefficient (Wildman–Crippen LogP) is 6.29. The highest BCUT2D eigenvalue weighted by molar-refractivity contribution is 7.98. The number of thiazole rings is 1. The van der Waals surface area contributed by atoms with Gasteiger partial charge in [-0.1, -0.05) is 54.0 Å². The second-order valence-corrected chi connectivity index (χ2v) is 14.1. The van der Waals surface area contributed by atoms with Gasteiger partial charge < -0.3 is 31.2 Å². The highest BCUT2D eigenvalue weighted by atomic mass is 35.5. The molecule has 2 aromatic heterocycles. The number of nitrogens with zero attached hydrogens (tertiary/aromatic N) is 5. The van der Waals surface area contributed by atoms with E-state index in [-0.39, 0.29) is 13.2 Å². The van der Waals surface area contributed by atoms with Crippen LogP contribution >= 0.6 is 34.7 Å². The molecule has 0 aliphatic carbocycles. The molecule has 1 amide bonds. The number of nitriles is 2. The lowest BCUT2D eigenvalue weighted by Crippen LogP contribution is -2.47. The maximum Gasteiger partial charge on any atom is 0.328 e. The third-order valence-corrected chi connectivity index (χ3v) is 10.4. The number of unbranched alkanes of at least 4 members (excludes halogenated alkanes) is 1. The van der Waals surface area contributed by atoms with Gasteiger partial charge in [-0.15, -0.1) is 11.3 Å². The van der Waals surface area contributed by atoms with Crippen molar-refractivity contribution in [1.82, 2.24) is 15.3 Å². The highest BCUT2D eigenvalue weighted by Gasteiger charge is 2.25. The van der Waals surface area contributed by atoms with E-state index in [2.05, 4.69) is 17.5 Å². The Balaban J connectivity index is 1.46. The van der Waals surface area contributed by atoms with Crippen LogP contribution in [-0.2, 0) is 20.1 Å². The maximum absolute atomic E-state index is 12.4. The lowest BCUT2D eigenvalue weighted by atomic mass is 9.96. The topological polar surface area (TPSA) is 193 Å². The lowest BCUT2D eigenvalue weighted by Gasteiger charge is -2.24. The summed E-state index contributed by atoms with van der Waals surface area (Å²) in [6, 6.07) is 17.6. The Kier molecular flexibility index (Phi) is 15.9. The van der Waals surface area contributed by atoms with Crippen LogP contribution in [0.1, 0.15) is 56.9 Å². The number of pyridine rings is 1. The standard InChI is InChI=1S/C38H43ClN8O4S2/c1-4-47(5-2)34-30(20-41)33(31(21-42)37(46-34)53-23-28-22-52-36(45-28)26-9-13-27(39)14-10-26)25-11-15-29(16-12-25)50-18-19-51-38(49)24(3)44-35(48)32(43)8-6-7-17-40/h9-16,22,24,32H,4-8,17-19,23,40,43H2,1-3H3,(H,44,48). The fourth-order valence-corrected chi connectivity index (χ4v) is 7.24. The van der Waals surface area contributed by atoms with Gasteiger partial charge in [-0.05, 0) is 70.0 Å². The SMILES string of the molecule is CCN(CC)c1nc(SCc2csc(-c3ccc(Cl)cc3)n2)c(C#N)c(-c2ccc(OCCOC(=O)C(C)NC(=O)C(N)CCCCN)cc2)c1C#N. The van der Waals surface area contributed by atoms with Gasteiger partial charge in [-0.2, -0.15) is 10.5 Å². The summed E-state index contributed by atoms with van der Waals surface area (Å²) in [7, 11) is 0. The molecule has 5 N–H and O–H groups in total. The Bertz CT molecular complexity index is 1920. The number of amides is 1. The Morgan fingerprint density at radius 3 is 2.32 bits per heavy atom. The zero-order valence-corrected chi connectivity index (χ0v) is 32.3. The minimum atomic E-state index is -0.871. The predicted molar refractivity (Wildman–Crippen MR) is 210 cm³/mol. The first-order valence-corrected chi connectivity index (χ1v) is 19.5. The van der Waals surface area contributed by atoms with Crippen molar-refractivity contribution in [2.24, 2.45) is 11.5 Å². The van der Waals surface area contributed by atoms with Crippen molar-refractivity contribution in [3.8, 4) is 39.6 Å². The Morgan fingerprint density at radius 2 is 1.68 bits per heavy atom. The molecular weight excluding hydrogens is 732 g/mol. The monoisotopic (exact) mass is 774 g/mol. The summed E-state index contributed by atoms with van der Waals surface area (Å²) in [6.45, 7) is 7.31. The van der Waals surface area contributed by atoms with Gasteiger partial charge in [-0.25, -0.2) is 14.8 Å². The first kappa shape index (κ1) is 41.1. The van der Waals surface area contributed by atoms with E-state index in [1.54, 1.807) is 24.3 Å². The van der Waals surface area contributed by atoms with Gasteiger partial charge in [-0.3, -0.25) is 4.79 Å². The number of hydrogen-bond acceptors (Lipinski definition) is 13. The number of hydrogen-bond donors (Lipinski definition) is 3. The van der Waals surface area contributed by atoms with Crippen molar-refractivity contribution in [1.29, 1.82) is 10.5 Å². The highest BCUT2D eigenvalue weighted by Crippen LogP contribution is 2.39. The fraction of sp³-hybridized carbons (Fsp3) is 0.368. The molecular formula is C38H43ClN8O4S2. The van der Waals surface area contributed by atoms with E-state index in [4.69, 9.17) is 42.5 Å². The Labute approximate surface area is 323 Å². The molecule has 0 aliphatic rings. The number of ether oxygens (including phenoxy) is 2. The number of esters is 1. The second kappa shape index (κ2) is 20.5. The molecule has 0 aliphatic heterocycles. The van der Waals surface area contributed by atoms with Crippen molar-refractivity contribution in [2.75, 3.05) is 37.7 Å². The number of halogens is 1. The van der Waals surface area contributed by atoms with Crippen LogP contribution in [0.4, 0.5) is 5.82 Å². The van der Waals surface area contributed by atoms with Crippen LogP contribution in [0.3, 0.4) is 0 Å². The van der Waals surface area contributed by atoms with Gasteiger partial charge >= 0.3 is 5.97 Å². The number of rotatable bonds is 19. The fourth-order valence-electron chi connectivity index (χ4n) is 5.31. The van der Waals surface area contributed by atoms with Crippen LogP contribution in [0.25, 0.3) is 21.7 Å². The maximum atomic E-state index is 12.4. The van der Waals surface area contributed by atoms with E-state index < -0.39 is 24.0 Å². The Hall–Kier alpha value is -4.70. The number of nitrogens with one attached hydrogen (secondary N) is 1. The van der Waals surface area contributed by atoms with Crippen LogP contribution < -0.4 is 26.4 Å². The van der Waals surface area contributed by atoms with Gasteiger partial charge in [0.05, 0.1) is 17.3 Å². The van der Waals surface area contributed by atoms with Gasteiger partial charge in [0, 0.05) is 40.4 Å². The van der Waals surface area contributed by atoms with Crippen molar-refractivity contribution in [2.45, 2.75) is 62.9 Å². The van der Waals surface area contributed by atoms with Crippen LogP contribution in [0, 0.1) is 22.7 Å². The quantitative estimate of drug-likeness (QED) is 0.0549. The normalized spacial score (nSPS) is 11.9. The van der Waals surface area contributed by atoms with Gasteiger partial charge in [0.25, 0.3) is 0 Å². The first-order chi connectivity index (χ1) is 25.6. The number of benzene rings is 2. The molecule has 2 aromatic carbocycles.